The molecule has 0 N–H and O–H groups in total. The summed E-state index contributed by atoms with van der Waals surface area (Å²) in [6, 6.07) is 12.6. The van der Waals surface area contributed by atoms with Crippen molar-refractivity contribution in [2.75, 3.05) is 27.4 Å². The fourth-order valence-electron chi connectivity index (χ4n) is 2.43. The van der Waals surface area contributed by atoms with Crippen LogP contribution in [0.25, 0.3) is 0 Å². The van der Waals surface area contributed by atoms with Crippen LogP contribution in [0.2, 0.25) is 0 Å². The average Bonchev–Trinajstić information content (AvgIpc) is 2.64. The van der Waals surface area contributed by atoms with E-state index in [4.69, 9.17) is 9.47 Å². The van der Waals surface area contributed by atoms with Crippen LogP contribution in [0.5, 0.6) is 5.75 Å². The maximum atomic E-state index is 13.0. The molecule has 5 nitrogen and oxygen atoms in total. The molecule has 1 atom stereocenters. The van der Waals surface area contributed by atoms with E-state index in [2.05, 4.69) is 11.6 Å². The first-order valence-corrected chi connectivity index (χ1v) is 8.07. The molecule has 0 saturated heterocycles. The lowest BCUT2D eigenvalue weighted by molar-refractivity contribution is 0.0591. The number of benzene rings is 1. The molecule has 0 aliphatic carbocycles. The van der Waals surface area contributed by atoms with E-state index in [0.29, 0.717) is 24.5 Å². The highest BCUT2D eigenvalue weighted by atomic mass is 16.5. The van der Waals surface area contributed by atoms with Gasteiger partial charge in [0, 0.05) is 20.4 Å². The summed E-state index contributed by atoms with van der Waals surface area (Å²) < 4.78 is 11.0. The molecule has 0 fully saturated rings. The summed E-state index contributed by atoms with van der Waals surface area (Å²) in [6.45, 7) is 6.43. The van der Waals surface area contributed by atoms with Crippen molar-refractivity contribution >= 4 is 5.91 Å². The number of para-hydroxylation sites is 1. The predicted octanol–water partition coefficient (Wildman–Crippen LogP) is 3.50. The van der Waals surface area contributed by atoms with E-state index in [-0.39, 0.29) is 11.9 Å². The Kier molecular flexibility index (Phi) is 6.71. The zero-order valence-corrected chi connectivity index (χ0v) is 14.9. The van der Waals surface area contributed by atoms with Crippen LogP contribution >= 0.6 is 0 Å². The molecule has 132 valence electrons. The van der Waals surface area contributed by atoms with Gasteiger partial charge in [0.25, 0.3) is 5.91 Å². The number of methoxy groups -OCH3 is 1. The van der Waals surface area contributed by atoms with Gasteiger partial charge in [-0.3, -0.25) is 9.78 Å². The zero-order valence-electron chi connectivity index (χ0n) is 14.9. The summed E-state index contributed by atoms with van der Waals surface area (Å²) in [5, 5.41) is 0. The number of nitrogens with zero attached hydrogens (tertiary/aromatic N) is 2. The van der Waals surface area contributed by atoms with Crippen LogP contribution in [0, 0.1) is 0 Å². The third-order valence-electron chi connectivity index (χ3n) is 3.73. The number of ether oxygens (including phenoxy) is 2. The molecule has 1 unspecified atom stereocenters. The largest absolute Gasteiger partial charge is 0.488 e. The van der Waals surface area contributed by atoms with Crippen molar-refractivity contribution in [3.63, 3.8) is 0 Å². The standard InChI is InChI=1S/C20H24N2O3/c1-15(2)13-25-19-11-6-5-9-16(19)20(23)22(3)18(14-24-4)17-10-7-8-12-21-17/h5-12,18H,1,13-14H2,2-4H3. The quantitative estimate of drug-likeness (QED) is 0.690. The van der Waals surface area contributed by atoms with Crippen LogP contribution in [0.1, 0.15) is 29.0 Å². The second-order valence-electron chi connectivity index (χ2n) is 5.88. The molecule has 25 heavy (non-hydrogen) atoms. The van der Waals surface area contributed by atoms with E-state index in [9.17, 15) is 4.79 Å². The molecule has 0 bridgehead atoms. The van der Waals surface area contributed by atoms with Crippen molar-refractivity contribution in [1.29, 1.82) is 0 Å². The van der Waals surface area contributed by atoms with Crippen molar-refractivity contribution < 1.29 is 14.3 Å². The van der Waals surface area contributed by atoms with Gasteiger partial charge in [0.1, 0.15) is 12.4 Å². The fourth-order valence-corrected chi connectivity index (χ4v) is 2.43. The fraction of sp³-hybridized carbons (Fsp3) is 0.300. The number of carbonyl (C=O) groups is 1. The zero-order chi connectivity index (χ0) is 18.2. The number of rotatable bonds is 8. The van der Waals surface area contributed by atoms with Crippen LogP contribution in [0.4, 0.5) is 0 Å². The number of hydrogen-bond donors (Lipinski definition) is 0. The lowest BCUT2D eigenvalue weighted by atomic mass is 10.1. The topological polar surface area (TPSA) is 51.7 Å². The van der Waals surface area contributed by atoms with Gasteiger partial charge in [0.05, 0.1) is 23.9 Å². The normalized spacial score (nSPS) is 11.6. The number of amides is 1. The smallest absolute Gasteiger partial charge is 0.258 e. The van der Waals surface area contributed by atoms with Crippen molar-refractivity contribution in [2.45, 2.75) is 13.0 Å². The van der Waals surface area contributed by atoms with Crippen LogP contribution in [-0.4, -0.2) is 43.2 Å². The SMILES string of the molecule is C=C(C)COc1ccccc1C(=O)N(C)C(COC)c1ccccn1. The van der Waals surface area contributed by atoms with Crippen LogP contribution in [0.15, 0.2) is 60.8 Å². The third kappa shape index (κ3) is 4.90. The van der Waals surface area contributed by atoms with Gasteiger partial charge in [-0.15, -0.1) is 0 Å². The molecule has 0 saturated carbocycles. The van der Waals surface area contributed by atoms with E-state index in [1.165, 1.54) is 0 Å². The summed E-state index contributed by atoms with van der Waals surface area (Å²) in [5.74, 6) is 0.393. The summed E-state index contributed by atoms with van der Waals surface area (Å²) in [4.78, 5) is 19.0. The molecular weight excluding hydrogens is 316 g/mol. The molecule has 1 heterocycles. The minimum absolute atomic E-state index is 0.148. The molecular formula is C20H24N2O3. The number of likely N-dealkylation sites (N-methyl/N-ethyl adjacent to an activating group) is 1. The van der Waals surface area contributed by atoms with Crippen LogP contribution in [-0.2, 0) is 4.74 Å². The number of hydrogen-bond acceptors (Lipinski definition) is 4. The number of aromatic nitrogens is 1. The minimum atomic E-state index is -0.284. The molecule has 0 aliphatic rings. The Hall–Kier alpha value is -2.66. The summed E-state index contributed by atoms with van der Waals surface area (Å²) in [6.07, 6.45) is 1.71. The van der Waals surface area contributed by atoms with Gasteiger partial charge in [-0.05, 0) is 36.8 Å². The third-order valence-corrected chi connectivity index (χ3v) is 3.73. The molecule has 1 aromatic heterocycles. The van der Waals surface area contributed by atoms with Gasteiger partial charge in [0.15, 0.2) is 0 Å². The molecule has 0 radical (unpaired) electrons. The van der Waals surface area contributed by atoms with Crippen molar-refractivity contribution in [3.8, 4) is 5.75 Å². The second kappa shape index (κ2) is 8.99. The molecule has 1 amide bonds. The average molecular weight is 340 g/mol. The molecule has 2 rings (SSSR count). The maximum Gasteiger partial charge on any atom is 0.258 e. The first-order chi connectivity index (χ1) is 12.0. The van der Waals surface area contributed by atoms with Gasteiger partial charge >= 0.3 is 0 Å². The Bertz CT molecular complexity index is 716. The maximum absolute atomic E-state index is 13.0. The summed E-state index contributed by atoms with van der Waals surface area (Å²) >= 11 is 0. The highest BCUT2D eigenvalue weighted by Gasteiger charge is 2.25. The Balaban J connectivity index is 2.27. The Labute approximate surface area is 148 Å². The first-order valence-electron chi connectivity index (χ1n) is 8.07. The molecule has 5 heteroatoms. The number of carbonyl (C=O) groups excluding carboxylic acids is 1. The minimum Gasteiger partial charge on any atom is -0.488 e. The summed E-state index contributed by atoms with van der Waals surface area (Å²) in [7, 11) is 3.36. The highest BCUT2D eigenvalue weighted by Crippen LogP contribution is 2.25. The molecule has 1 aromatic carbocycles. The molecule has 2 aromatic rings. The van der Waals surface area contributed by atoms with Crippen molar-refractivity contribution in [3.05, 3.63) is 72.1 Å². The Morgan fingerprint density at radius 3 is 2.60 bits per heavy atom. The van der Waals surface area contributed by atoms with Gasteiger partial charge in [-0.2, -0.15) is 0 Å². The van der Waals surface area contributed by atoms with Crippen LogP contribution in [0.3, 0.4) is 0 Å². The van der Waals surface area contributed by atoms with Crippen molar-refractivity contribution in [2.24, 2.45) is 0 Å². The van der Waals surface area contributed by atoms with E-state index in [0.717, 1.165) is 11.3 Å². The first kappa shape index (κ1) is 18.7. The van der Waals surface area contributed by atoms with Gasteiger partial charge in [0.2, 0.25) is 0 Å². The lowest BCUT2D eigenvalue weighted by Gasteiger charge is -2.28. The van der Waals surface area contributed by atoms with E-state index < -0.39 is 0 Å². The van der Waals surface area contributed by atoms with Crippen molar-refractivity contribution in [1.82, 2.24) is 9.88 Å². The molecule has 0 aliphatic heterocycles. The van der Waals surface area contributed by atoms with Crippen LogP contribution < -0.4 is 4.74 Å². The van der Waals surface area contributed by atoms with E-state index in [1.54, 1.807) is 37.4 Å². The predicted molar refractivity (Wildman–Crippen MR) is 97.7 cm³/mol. The highest BCUT2D eigenvalue weighted by molar-refractivity contribution is 5.97. The molecule has 0 spiro atoms. The van der Waals surface area contributed by atoms with Gasteiger partial charge < -0.3 is 14.4 Å². The Morgan fingerprint density at radius 1 is 1.24 bits per heavy atom. The monoisotopic (exact) mass is 340 g/mol. The van der Waals surface area contributed by atoms with Gasteiger partial charge in [-0.25, -0.2) is 0 Å². The van der Waals surface area contributed by atoms with Gasteiger partial charge in [-0.1, -0.05) is 24.8 Å². The second-order valence-corrected chi connectivity index (χ2v) is 5.88. The van der Waals surface area contributed by atoms with E-state index in [1.807, 2.05) is 37.3 Å². The lowest BCUT2D eigenvalue weighted by Crippen LogP contribution is -2.34. The number of pyridine rings is 1. The summed E-state index contributed by atoms with van der Waals surface area (Å²) in [5.41, 5.74) is 2.17. The van der Waals surface area contributed by atoms with E-state index >= 15 is 0 Å². The Morgan fingerprint density at radius 2 is 1.96 bits per heavy atom.